The molecular formula is C26H30ClFN6O6. The Kier molecular flexibility index (Phi) is 10.1. The zero-order chi connectivity index (χ0) is 28.6. The number of halogens is 2. The molecule has 1 amide bonds. The van der Waals surface area contributed by atoms with E-state index in [9.17, 15) is 24.5 Å². The van der Waals surface area contributed by atoms with Crippen LogP contribution in [0, 0.1) is 5.82 Å². The highest BCUT2D eigenvalue weighted by Gasteiger charge is 2.36. The van der Waals surface area contributed by atoms with Gasteiger partial charge in [-0.05, 0) is 37.2 Å². The highest BCUT2D eigenvalue weighted by molar-refractivity contribution is 6.30. The minimum absolute atomic E-state index is 0.0415. The number of nitrogens with one attached hydrogen (secondary N) is 3. The van der Waals surface area contributed by atoms with Crippen LogP contribution in [-0.2, 0) is 4.74 Å². The lowest BCUT2D eigenvalue weighted by Gasteiger charge is -2.35. The first kappa shape index (κ1) is 29.5. The van der Waals surface area contributed by atoms with Crippen LogP contribution in [0.5, 0.6) is 5.75 Å². The van der Waals surface area contributed by atoms with Crippen molar-refractivity contribution in [2.24, 2.45) is 0 Å². The number of ether oxygens (including phenoxy) is 2. The molecule has 12 nitrogen and oxygen atoms in total. The molecule has 6 N–H and O–H groups in total. The van der Waals surface area contributed by atoms with Gasteiger partial charge in [-0.3, -0.25) is 9.78 Å². The molecule has 1 aliphatic heterocycles. The molecule has 1 aliphatic rings. The summed E-state index contributed by atoms with van der Waals surface area (Å²) >= 11 is 6.02. The lowest BCUT2D eigenvalue weighted by atomic mass is 9.98. The molecule has 1 fully saturated rings. The Morgan fingerprint density at radius 2 is 2.00 bits per heavy atom. The minimum Gasteiger partial charge on any atom is -0.491 e. The molecule has 0 saturated carbocycles. The maximum absolute atomic E-state index is 14.4. The normalized spacial score (nSPS) is 20.6. The van der Waals surface area contributed by atoms with E-state index in [-0.39, 0.29) is 41.7 Å². The van der Waals surface area contributed by atoms with Crippen LogP contribution in [0.25, 0.3) is 11.4 Å². The summed E-state index contributed by atoms with van der Waals surface area (Å²) in [5.41, 5.74) is 0.737. The van der Waals surface area contributed by atoms with Gasteiger partial charge >= 0.3 is 0 Å². The zero-order valence-corrected chi connectivity index (χ0v) is 22.3. The van der Waals surface area contributed by atoms with Gasteiger partial charge in [0.05, 0.1) is 42.8 Å². The van der Waals surface area contributed by atoms with Gasteiger partial charge in [-0.15, -0.1) is 0 Å². The van der Waals surface area contributed by atoms with Crippen molar-refractivity contribution in [2.75, 3.05) is 38.7 Å². The highest BCUT2D eigenvalue weighted by Crippen LogP contribution is 2.30. The number of amides is 1. The molecule has 3 aromatic rings. The highest BCUT2D eigenvalue weighted by atomic mass is 35.5. The quantitative estimate of drug-likeness (QED) is 0.182. The largest absolute Gasteiger partial charge is 0.491 e. The lowest BCUT2D eigenvalue weighted by molar-refractivity contribution is -0.187. The third-order valence-corrected chi connectivity index (χ3v) is 6.50. The van der Waals surface area contributed by atoms with Crippen molar-refractivity contribution in [1.82, 2.24) is 25.6 Å². The number of anilines is 2. The van der Waals surface area contributed by atoms with E-state index < -0.39 is 36.1 Å². The Hall–Kier alpha value is -3.46. The predicted octanol–water partition coefficient (Wildman–Crippen LogP) is 1.27. The number of aliphatic hydroxyl groups is 3. The van der Waals surface area contributed by atoms with E-state index in [2.05, 4.69) is 30.9 Å². The monoisotopic (exact) mass is 576 g/mol. The van der Waals surface area contributed by atoms with Crippen molar-refractivity contribution in [3.05, 3.63) is 59.3 Å². The number of benzene rings is 1. The van der Waals surface area contributed by atoms with Crippen molar-refractivity contribution < 1.29 is 34.0 Å². The van der Waals surface area contributed by atoms with E-state index in [1.54, 1.807) is 6.07 Å². The van der Waals surface area contributed by atoms with Gasteiger partial charge in [-0.25, -0.2) is 14.4 Å². The van der Waals surface area contributed by atoms with Crippen LogP contribution in [-0.4, -0.2) is 93.9 Å². The Morgan fingerprint density at radius 1 is 1.18 bits per heavy atom. The molecule has 0 radical (unpaired) electrons. The maximum atomic E-state index is 14.4. The SMILES string of the molecule is COc1cnc(-c2cc(Cl)ccc2F)nc1Nc1ccncc1C(=O)NCCNCCC1OCC(O)C(O)C1O. The molecule has 40 heavy (non-hydrogen) atoms. The van der Waals surface area contributed by atoms with E-state index in [1.165, 1.54) is 43.9 Å². The number of hydrogen-bond acceptors (Lipinski definition) is 11. The van der Waals surface area contributed by atoms with Crippen LogP contribution in [0.2, 0.25) is 5.02 Å². The smallest absolute Gasteiger partial charge is 0.255 e. The molecule has 3 heterocycles. The fraction of sp³-hybridized carbons (Fsp3) is 0.385. The molecule has 1 saturated heterocycles. The summed E-state index contributed by atoms with van der Waals surface area (Å²) in [6.07, 6.45) is 0.586. The summed E-state index contributed by atoms with van der Waals surface area (Å²) in [5, 5.41) is 38.6. The summed E-state index contributed by atoms with van der Waals surface area (Å²) in [6.45, 7) is 1.14. The average Bonchev–Trinajstić information content (AvgIpc) is 2.96. The summed E-state index contributed by atoms with van der Waals surface area (Å²) < 4.78 is 25.1. The van der Waals surface area contributed by atoms with Gasteiger partial charge in [0.25, 0.3) is 5.91 Å². The van der Waals surface area contributed by atoms with E-state index in [0.717, 1.165) is 0 Å². The number of carbonyl (C=O) groups excluding carboxylic acids is 1. The standard InChI is InChI=1S/C26H30ClFN6O6/c1-39-21-12-32-24(15-10-14(27)2-3-17(15)28)34-25(21)33-18-4-6-30-11-16(18)26(38)31-9-8-29-7-5-20-23(37)22(36)19(35)13-40-20/h2-4,6,10-12,19-20,22-23,29,35-37H,5,7-9,13H2,1H3,(H,31,38)(H,30,32,33,34). The number of hydrogen-bond donors (Lipinski definition) is 6. The number of aromatic nitrogens is 3. The first-order valence-electron chi connectivity index (χ1n) is 12.5. The lowest BCUT2D eigenvalue weighted by Crippen LogP contribution is -2.53. The van der Waals surface area contributed by atoms with Crippen LogP contribution in [0.4, 0.5) is 15.9 Å². The molecule has 0 aliphatic carbocycles. The van der Waals surface area contributed by atoms with Gasteiger partial charge in [0.2, 0.25) is 0 Å². The van der Waals surface area contributed by atoms with Gasteiger partial charge in [0.15, 0.2) is 17.4 Å². The van der Waals surface area contributed by atoms with Crippen molar-refractivity contribution in [3.8, 4) is 17.1 Å². The summed E-state index contributed by atoms with van der Waals surface area (Å²) in [5.74, 6) is -0.385. The van der Waals surface area contributed by atoms with Gasteiger partial charge in [-0.2, -0.15) is 0 Å². The number of nitrogens with zero attached hydrogens (tertiary/aromatic N) is 3. The summed E-state index contributed by atoms with van der Waals surface area (Å²) in [6, 6.07) is 5.66. The van der Waals surface area contributed by atoms with Gasteiger partial charge in [0.1, 0.15) is 24.1 Å². The third kappa shape index (κ3) is 7.18. The molecule has 4 rings (SSSR count). The van der Waals surface area contributed by atoms with E-state index >= 15 is 0 Å². The van der Waals surface area contributed by atoms with Crippen molar-refractivity contribution in [3.63, 3.8) is 0 Å². The maximum Gasteiger partial charge on any atom is 0.255 e. The molecule has 214 valence electrons. The van der Waals surface area contributed by atoms with Crippen LogP contribution in [0.3, 0.4) is 0 Å². The molecule has 0 bridgehead atoms. The van der Waals surface area contributed by atoms with Crippen molar-refractivity contribution in [1.29, 1.82) is 0 Å². The summed E-state index contributed by atoms with van der Waals surface area (Å²) in [4.78, 5) is 25.5. The minimum atomic E-state index is -1.24. The first-order chi connectivity index (χ1) is 19.3. The number of pyridine rings is 1. The Balaban J connectivity index is 1.35. The van der Waals surface area contributed by atoms with Crippen LogP contribution in [0.1, 0.15) is 16.8 Å². The topological polar surface area (TPSA) is 171 Å². The second-order valence-corrected chi connectivity index (χ2v) is 9.43. The third-order valence-electron chi connectivity index (χ3n) is 6.26. The van der Waals surface area contributed by atoms with Gasteiger partial charge < -0.3 is 40.7 Å². The van der Waals surface area contributed by atoms with Crippen LogP contribution in [0.15, 0.2) is 42.9 Å². The average molecular weight is 577 g/mol. The fourth-order valence-corrected chi connectivity index (χ4v) is 4.24. The molecule has 4 atom stereocenters. The van der Waals surface area contributed by atoms with Crippen LogP contribution < -0.4 is 20.7 Å². The second kappa shape index (κ2) is 13.7. The number of methoxy groups -OCH3 is 1. The van der Waals surface area contributed by atoms with Gasteiger partial charge in [-0.1, -0.05) is 11.6 Å². The van der Waals surface area contributed by atoms with E-state index in [1.807, 2.05) is 0 Å². The molecule has 14 heteroatoms. The first-order valence-corrected chi connectivity index (χ1v) is 12.9. The molecular weight excluding hydrogens is 547 g/mol. The van der Waals surface area contributed by atoms with E-state index in [4.69, 9.17) is 21.1 Å². The Labute approximate surface area is 234 Å². The Bertz CT molecular complexity index is 1320. The number of rotatable bonds is 11. The zero-order valence-electron chi connectivity index (χ0n) is 21.6. The van der Waals surface area contributed by atoms with Crippen molar-refractivity contribution in [2.45, 2.75) is 30.8 Å². The Morgan fingerprint density at radius 3 is 2.80 bits per heavy atom. The number of carbonyl (C=O) groups is 1. The fourth-order valence-electron chi connectivity index (χ4n) is 4.07. The van der Waals surface area contributed by atoms with E-state index in [0.29, 0.717) is 30.2 Å². The summed E-state index contributed by atoms with van der Waals surface area (Å²) in [7, 11) is 1.43. The van der Waals surface area contributed by atoms with Crippen LogP contribution >= 0.6 is 11.6 Å². The molecule has 0 spiro atoms. The second-order valence-electron chi connectivity index (χ2n) is 9.00. The molecule has 4 unspecified atom stereocenters. The van der Waals surface area contributed by atoms with Gasteiger partial charge in [0, 0.05) is 30.5 Å². The predicted molar refractivity (Wildman–Crippen MR) is 144 cm³/mol. The molecule has 1 aromatic carbocycles. The number of aliphatic hydroxyl groups excluding tert-OH is 3. The molecule has 2 aromatic heterocycles. The van der Waals surface area contributed by atoms with Crippen molar-refractivity contribution >= 4 is 29.0 Å².